The molecular weight excluding hydrogens is 464 g/mol. The zero-order chi connectivity index (χ0) is 24.6. The number of halogens is 1. The van der Waals surface area contributed by atoms with Crippen molar-refractivity contribution in [1.82, 2.24) is 16.0 Å². The zero-order valence-corrected chi connectivity index (χ0v) is 20.1. The van der Waals surface area contributed by atoms with Gasteiger partial charge in [-0.2, -0.15) is 0 Å². The summed E-state index contributed by atoms with van der Waals surface area (Å²) in [6.07, 6.45) is 1.31. The minimum atomic E-state index is -0.418. The molecule has 3 N–H and O–H groups in total. The second kappa shape index (κ2) is 11.9. The lowest BCUT2D eigenvalue weighted by molar-refractivity contribution is -0.384. The predicted molar refractivity (Wildman–Crippen MR) is 137 cm³/mol. The van der Waals surface area contributed by atoms with Crippen molar-refractivity contribution in [2.75, 3.05) is 13.1 Å². The molecule has 4 rings (SSSR count). The van der Waals surface area contributed by atoms with Gasteiger partial charge in [0, 0.05) is 42.8 Å². The molecule has 182 valence electrons. The molecule has 1 unspecified atom stereocenters. The van der Waals surface area contributed by atoms with Gasteiger partial charge in [-0.15, -0.1) is 0 Å². The Kier molecular flexibility index (Phi) is 8.47. The van der Waals surface area contributed by atoms with E-state index in [9.17, 15) is 14.9 Å². The maximum absolute atomic E-state index is 12.8. The average molecular weight is 493 g/mol. The van der Waals surface area contributed by atoms with Crippen molar-refractivity contribution >= 4 is 23.2 Å². The summed E-state index contributed by atoms with van der Waals surface area (Å²) in [4.78, 5) is 23.2. The van der Waals surface area contributed by atoms with Crippen molar-refractivity contribution in [1.29, 1.82) is 0 Å². The van der Waals surface area contributed by atoms with Crippen LogP contribution in [0.1, 0.15) is 29.2 Å². The monoisotopic (exact) mass is 492 g/mol. The number of nitrogens with one attached hydrogen (secondary N) is 3. The molecule has 1 aliphatic rings. The maximum Gasteiger partial charge on any atom is 0.269 e. The number of hydrogen-bond donors (Lipinski definition) is 3. The lowest BCUT2D eigenvalue weighted by Crippen LogP contribution is -2.41. The minimum absolute atomic E-state index is 0.00863. The third kappa shape index (κ3) is 6.66. The van der Waals surface area contributed by atoms with Gasteiger partial charge < -0.3 is 16.0 Å². The molecule has 35 heavy (non-hydrogen) atoms. The van der Waals surface area contributed by atoms with Crippen LogP contribution < -0.4 is 16.0 Å². The third-order valence-corrected chi connectivity index (χ3v) is 6.77. The van der Waals surface area contributed by atoms with Gasteiger partial charge >= 0.3 is 0 Å². The van der Waals surface area contributed by atoms with E-state index in [0.29, 0.717) is 37.5 Å². The van der Waals surface area contributed by atoms with Gasteiger partial charge in [-0.1, -0.05) is 72.3 Å². The standard InChI is InChI=1S/C27H29ClN4O3/c28-24-9-5-4-8-23(24)26(31-17-20-6-2-1-3-7-20)21-16-25(30-18-21)27(33)29-15-14-19-10-12-22(13-11-19)32(34)35/h1-13,21,25-26,30-31H,14-18H2,(H,29,33)/t21-,25-,26?/m0/s1. The van der Waals surface area contributed by atoms with Crippen LogP contribution in [0, 0.1) is 16.0 Å². The number of nitro benzene ring substituents is 1. The first kappa shape index (κ1) is 24.9. The van der Waals surface area contributed by atoms with Crippen molar-refractivity contribution in [3.8, 4) is 0 Å². The van der Waals surface area contributed by atoms with Gasteiger partial charge in [0.1, 0.15) is 0 Å². The van der Waals surface area contributed by atoms with Gasteiger partial charge in [0.25, 0.3) is 5.69 Å². The summed E-state index contributed by atoms with van der Waals surface area (Å²) in [5.74, 6) is 0.166. The van der Waals surface area contributed by atoms with E-state index >= 15 is 0 Å². The molecule has 1 heterocycles. The van der Waals surface area contributed by atoms with E-state index in [1.807, 2.05) is 42.5 Å². The van der Waals surface area contributed by atoms with Crippen molar-refractivity contribution in [2.45, 2.75) is 31.5 Å². The Morgan fingerprint density at radius 1 is 1.03 bits per heavy atom. The van der Waals surface area contributed by atoms with Crippen LogP contribution in [0.4, 0.5) is 5.69 Å². The number of carbonyl (C=O) groups excluding carboxylic acids is 1. The fraction of sp³-hybridized carbons (Fsp3) is 0.296. The Bertz CT molecular complexity index is 1140. The van der Waals surface area contributed by atoms with Crippen LogP contribution in [0.5, 0.6) is 0 Å². The molecule has 0 spiro atoms. The van der Waals surface area contributed by atoms with Gasteiger partial charge in [0.05, 0.1) is 11.0 Å². The molecule has 1 aliphatic heterocycles. The number of hydrogen-bond acceptors (Lipinski definition) is 5. The molecule has 3 aromatic rings. The van der Waals surface area contributed by atoms with Crippen LogP contribution in [-0.4, -0.2) is 30.0 Å². The Hall–Kier alpha value is -3.26. The number of rotatable bonds is 10. The molecule has 0 bridgehead atoms. The highest BCUT2D eigenvalue weighted by molar-refractivity contribution is 6.31. The first-order valence-electron chi connectivity index (χ1n) is 11.8. The Balaban J connectivity index is 1.34. The molecular formula is C27H29ClN4O3. The van der Waals surface area contributed by atoms with Gasteiger partial charge in [-0.05, 0) is 41.5 Å². The van der Waals surface area contributed by atoms with Crippen molar-refractivity contribution in [3.05, 3.63) is 111 Å². The normalized spacial score (nSPS) is 18.2. The molecule has 3 aromatic carbocycles. The molecule has 1 amide bonds. The van der Waals surface area contributed by atoms with Gasteiger partial charge in [0.2, 0.25) is 5.91 Å². The van der Waals surface area contributed by atoms with Gasteiger partial charge in [0.15, 0.2) is 0 Å². The summed E-state index contributed by atoms with van der Waals surface area (Å²) >= 11 is 6.55. The molecule has 0 saturated carbocycles. The summed E-state index contributed by atoms with van der Waals surface area (Å²) in [7, 11) is 0. The van der Waals surface area contributed by atoms with E-state index in [1.165, 1.54) is 17.7 Å². The number of benzene rings is 3. The third-order valence-electron chi connectivity index (χ3n) is 6.42. The maximum atomic E-state index is 12.8. The Morgan fingerprint density at radius 2 is 1.74 bits per heavy atom. The van der Waals surface area contributed by atoms with Gasteiger partial charge in [-0.25, -0.2) is 0 Å². The molecule has 0 aliphatic carbocycles. The summed E-state index contributed by atoms with van der Waals surface area (Å²) < 4.78 is 0. The number of carbonyl (C=O) groups is 1. The van der Waals surface area contributed by atoms with E-state index in [2.05, 4.69) is 28.1 Å². The molecule has 1 fully saturated rings. The first-order valence-corrected chi connectivity index (χ1v) is 12.1. The van der Waals surface area contributed by atoms with Crippen LogP contribution in [0.2, 0.25) is 5.02 Å². The van der Waals surface area contributed by atoms with Crippen LogP contribution in [0.15, 0.2) is 78.9 Å². The molecule has 7 nitrogen and oxygen atoms in total. The minimum Gasteiger partial charge on any atom is -0.354 e. The zero-order valence-electron chi connectivity index (χ0n) is 19.3. The van der Waals surface area contributed by atoms with E-state index in [-0.39, 0.29) is 29.6 Å². The predicted octanol–water partition coefficient (Wildman–Crippen LogP) is 4.42. The second-order valence-electron chi connectivity index (χ2n) is 8.79. The largest absolute Gasteiger partial charge is 0.354 e. The number of amides is 1. The topological polar surface area (TPSA) is 96.3 Å². The highest BCUT2D eigenvalue weighted by Gasteiger charge is 2.35. The molecule has 0 radical (unpaired) electrons. The number of nitrogens with zero attached hydrogens (tertiary/aromatic N) is 1. The fourth-order valence-electron chi connectivity index (χ4n) is 4.54. The van der Waals surface area contributed by atoms with E-state index < -0.39 is 4.92 Å². The van der Waals surface area contributed by atoms with Gasteiger partial charge in [-0.3, -0.25) is 14.9 Å². The fourth-order valence-corrected chi connectivity index (χ4v) is 4.79. The molecule has 1 saturated heterocycles. The number of nitro groups is 1. The lowest BCUT2D eigenvalue weighted by atomic mass is 9.90. The second-order valence-corrected chi connectivity index (χ2v) is 9.19. The SMILES string of the molecule is O=C(NCCc1ccc([N+](=O)[O-])cc1)[C@@H]1C[C@H](C(NCc2ccccc2)c2ccccc2Cl)CN1. The first-order chi connectivity index (χ1) is 17.0. The van der Waals surface area contributed by atoms with Crippen LogP contribution in [-0.2, 0) is 17.8 Å². The summed E-state index contributed by atoms with van der Waals surface area (Å²) in [6, 6.07) is 24.2. The average Bonchev–Trinajstić information content (AvgIpc) is 3.36. The highest BCUT2D eigenvalue weighted by Crippen LogP contribution is 2.33. The Labute approximate surface area is 210 Å². The molecule has 0 aromatic heterocycles. The quantitative estimate of drug-likeness (QED) is 0.287. The van der Waals surface area contributed by atoms with E-state index in [0.717, 1.165) is 11.1 Å². The molecule has 3 atom stereocenters. The van der Waals surface area contributed by atoms with E-state index in [4.69, 9.17) is 11.6 Å². The van der Waals surface area contributed by atoms with E-state index in [1.54, 1.807) is 12.1 Å². The summed E-state index contributed by atoms with van der Waals surface area (Å²) in [5.41, 5.74) is 3.23. The molecule has 8 heteroatoms. The van der Waals surface area contributed by atoms with Crippen LogP contribution in [0.3, 0.4) is 0 Å². The summed E-state index contributed by atoms with van der Waals surface area (Å²) in [6.45, 7) is 1.89. The van der Waals surface area contributed by atoms with Crippen molar-refractivity contribution < 1.29 is 9.72 Å². The van der Waals surface area contributed by atoms with Crippen molar-refractivity contribution in [2.24, 2.45) is 5.92 Å². The summed E-state index contributed by atoms with van der Waals surface area (Å²) in [5, 5.41) is 21.5. The number of non-ortho nitro benzene ring substituents is 1. The van der Waals surface area contributed by atoms with Crippen molar-refractivity contribution in [3.63, 3.8) is 0 Å². The smallest absolute Gasteiger partial charge is 0.269 e. The van der Waals surface area contributed by atoms with Crippen LogP contribution >= 0.6 is 11.6 Å². The lowest BCUT2D eigenvalue weighted by Gasteiger charge is -2.26. The highest BCUT2D eigenvalue weighted by atomic mass is 35.5. The van der Waals surface area contributed by atoms with Crippen LogP contribution in [0.25, 0.3) is 0 Å². The Morgan fingerprint density at radius 3 is 2.46 bits per heavy atom.